The monoisotopic (exact) mass is 275 g/mol. The van der Waals surface area contributed by atoms with Crippen LogP contribution in [0.3, 0.4) is 0 Å². The van der Waals surface area contributed by atoms with Crippen molar-refractivity contribution in [1.29, 1.82) is 0 Å². The van der Waals surface area contributed by atoms with Gasteiger partial charge in [-0.15, -0.1) is 0 Å². The topological polar surface area (TPSA) is 38.3 Å². The van der Waals surface area contributed by atoms with Gasteiger partial charge in [0.25, 0.3) is 0 Å². The SMILES string of the molecule is CC(C)(NC(=O)COC1CCCCC1)c1ccccc1. The minimum absolute atomic E-state index is 0.0376. The van der Waals surface area contributed by atoms with Crippen LogP contribution < -0.4 is 5.32 Å². The zero-order valence-electron chi connectivity index (χ0n) is 12.5. The molecule has 1 aromatic rings. The second-order valence-electron chi connectivity index (χ2n) is 6.11. The van der Waals surface area contributed by atoms with E-state index in [4.69, 9.17) is 4.74 Å². The zero-order chi connectivity index (χ0) is 14.4. The van der Waals surface area contributed by atoms with Gasteiger partial charge in [0, 0.05) is 0 Å². The van der Waals surface area contributed by atoms with Crippen molar-refractivity contribution in [2.75, 3.05) is 6.61 Å². The van der Waals surface area contributed by atoms with Gasteiger partial charge in [-0.2, -0.15) is 0 Å². The molecule has 110 valence electrons. The average molecular weight is 275 g/mol. The Morgan fingerprint density at radius 2 is 1.85 bits per heavy atom. The molecule has 0 aromatic heterocycles. The summed E-state index contributed by atoms with van der Waals surface area (Å²) in [6, 6.07) is 10.0. The summed E-state index contributed by atoms with van der Waals surface area (Å²) < 4.78 is 5.71. The highest BCUT2D eigenvalue weighted by molar-refractivity contribution is 5.78. The van der Waals surface area contributed by atoms with Crippen molar-refractivity contribution in [3.8, 4) is 0 Å². The van der Waals surface area contributed by atoms with E-state index >= 15 is 0 Å². The summed E-state index contributed by atoms with van der Waals surface area (Å²) in [5.41, 5.74) is 0.736. The van der Waals surface area contributed by atoms with Gasteiger partial charge in [-0.1, -0.05) is 49.6 Å². The first kappa shape index (κ1) is 15.0. The summed E-state index contributed by atoms with van der Waals surface area (Å²) >= 11 is 0. The van der Waals surface area contributed by atoms with E-state index in [2.05, 4.69) is 5.32 Å². The molecule has 0 radical (unpaired) electrons. The van der Waals surface area contributed by atoms with Gasteiger partial charge in [0.2, 0.25) is 5.91 Å². The maximum absolute atomic E-state index is 12.0. The lowest BCUT2D eigenvalue weighted by Crippen LogP contribution is -2.43. The lowest BCUT2D eigenvalue weighted by Gasteiger charge is -2.28. The quantitative estimate of drug-likeness (QED) is 0.894. The van der Waals surface area contributed by atoms with Crippen molar-refractivity contribution in [2.45, 2.75) is 57.6 Å². The molecule has 0 atom stereocenters. The summed E-state index contributed by atoms with van der Waals surface area (Å²) in [6.45, 7) is 4.20. The van der Waals surface area contributed by atoms with Gasteiger partial charge >= 0.3 is 0 Å². The Morgan fingerprint density at radius 1 is 1.20 bits per heavy atom. The fourth-order valence-corrected chi connectivity index (χ4v) is 2.74. The predicted octanol–water partition coefficient (Wildman–Crippen LogP) is 3.39. The molecule has 0 aliphatic heterocycles. The molecule has 3 heteroatoms. The van der Waals surface area contributed by atoms with E-state index in [1.54, 1.807) is 0 Å². The summed E-state index contributed by atoms with van der Waals surface area (Å²) in [5, 5.41) is 3.05. The van der Waals surface area contributed by atoms with Crippen LogP contribution in [0.2, 0.25) is 0 Å². The lowest BCUT2D eigenvalue weighted by atomic mass is 9.94. The number of amides is 1. The standard InChI is InChI=1S/C17H25NO2/c1-17(2,14-9-5-3-6-10-14)18-16(19)13-20-15-11-7-4-8-12-15/h3,5-6,9-10,15H,4,7-8,11-13H2,1-2H3,(H,18,19). The smallest absolute Gasteiger partial charge is 0.246 e. The van der Waals surface area contributed by atoms with E-state index in [0.29, 0.717) is 0 Å². The first-order valence-corrected chi connectivity index (χ1v) is 7.56. The van der Waals surface area contributed by atoms with Crippen molar-refractivity contribution >= 4 is 5.91 Å². The Labute approximate surface area is 121 Å². The molecule has 0 unspecified atom stereocenters. The molecule has 0 bridgehead atoms. The van der Waals surface area contributed by atoms with Crippen molar-refractivity contribution in [2.24, 2.45) is 0 Å². The largest absolute Gasteiger partial charge is 0.368 e. The van der Waals surface area contributed by atoms with Crippen molar-refractivity contribution in [3.63, 3.8) is 0 Å². The lowest BCUT2D eigenvalue weighted by molar-refractivity contribution is -0.130. The molecular formula is C17H25NO2. The molecule has 3 nitrogen and oxygen atoms in total. The molecular weight excluding hydrogens is 250 g/mol. The van der Waals surface area contributed by atoms with E-state index in [-0.39, 0.29) is 24.2 Å². The number of carbonyl (C=O) groups is 1. The highest BCUT2D eigenvalue weighted by atomic mass is 16.5. The average Bonchev–Trinajstić information content (AvgIpc) is 2.47. The van der Waals surface area contributed by atoms with Crippen LogP contribution in [-0.4, -0.2) is 18.6 Å². The Morgan fingerprint density at radius 3 is 2.50 bits per heavy atom. The maximum atomic E-state index is 12.0. The molecule has 1 aromatic carbocycles. The van der Waals surface area contributed by atoms with E-state index in [1.165, 1.54) is 19.3 Å². The fourth-order valence-electron chi connectivity index (χ4n) is 2.74. The first-order chi connectivity index (χ1) is 9.58. The van der Waals surface area contributed by atoms with Crippen LogP contribution in [0.25, 0.3) is 0 Å². The minimum Gasteiger partial charge on any atom is -0.368 e. The molecule has 1 amide bonds. The van der Waals surface area contributed by atoms with Crippen LogP contribution in [0.5, 0.6) is 0 Å². The van der Waals surface area contributed by atoms with E-state index < -0.39 is 0 Å². The molecule has 2 rings (SSSR count). The number of ether oxygens (including phenoxy) is 1. The van der Waals surface area contributed by atoms with Gasteiger partial charge in [-0.25, -0.2) is 0 Å². The first-order valence-electron chi connectivity index (χ1n) is 7.56. The number of hydrogen-bond donors (Lipinski definition) is 1. The van der Waals surface area contributed by atoms with E-state index in [9.17, 15) is 4.79 Å². The molecule has 1 aliphatic carbocycles. The third-order valence-electron chi connectivity index (χ3n) is 3.95. The Bertz CT molecular complexity index is 422. The molecule has 0 saturated heterocycles. The third-order valence-corrected chi connectivity index (χ3v) is 3.95. The predicted molar refractivity (Wildman–Crippen MR) is 80.4 cm³/mol. The molecule has 1 aliphatic rings. The van der Waals surface area contributed by atoms with Crippen LogP contribution in [-0.2, 0) is 15.1 Å². The summed E-state index contributed by atoms with van der Waals surface area (Å²) in [7, 11) is 0. The summed E-state index contributed by atoms with van der Waals surface area (Å²) in [6.07, 6.45) is 6.20. The number of carbonyl (C=O) groups excluding carboxylic acids is 1. The molecule has 20 heavy (non-hydrogen) atoms. The van der Waals surface area contributed by atoms with E-state index in [1.807, 2.05) is 44.2 Å². The molecule has 0 spiro atoms. The molecule has 1 N–H and O–H groups in total. The highest BCUT2D eigenvalue weighted by Gasteiger charge is 2.23. The Balaban J connectivity index is 1.81. The van der Waals surface area contributed by atoms with Crippen LogP contribution >= 0.6 is 0 Å². The van der Waals surface area contributed by atoms with Gasteiger partial charge < -0.3 is 10.1 Å². The van der Waals surface area contributed by atoms with Crippen LogP contribution in [0.1, 0.15) is 51.5 Å². The minimum atomic E-state index is -0.367. The van der Waals surface area contributed by atoms with Gasteiger partial charge in [-0.3, -0.25) is 4.79 Å². The van der Waals surface area contributed by atoms with E-state index in [0.717, 1.165) is 18.4 Å². The normalized spacial score (nSPS) is 16.9. The number of benzene rings is 1. The molecule has 1 saturated carbocycles. The molecule has 1 fully saturated rings. The number of nitrogens with one attached hydrogen (secondary N) is 1. The van der Waals surface area contributed by atoms with Crippen LogP contribution in [0, 0.1) is 0 Å². The number of rotatable bonds is 5. The fraction of sp³-hybridized carbons (Fsp3) is 0.588. The second kappa shape index (κ2) is 6.89. The summed E-state index contributed by atoms with van der Waals surface area (Å²) in [4.78, 5) is 12.0. The van der Waals surface area contributed by atoms with Crippen molar-refractivity contribution in [1.82, 2.24) is 5.32 Å². The third kappa shape index (κ3) is 4.34. The van der Waals surface area contributed by atoms with Gasteiger partial charge in [0.05, 0.1) is 11.6 Å². The van der Waals surface area contributed by atoms with Crippen molar-refractivity contribution in [3.05, 3.63) is 35.9 Å². The Hall–Kier alpha value is -1.35. The second-order valence-corrected chi connectivity index (χ2v) is 6.11. The van der Waals surface area contributed by atoms with Crippen molar-refractivity contribution < 1.29 is 9.53 Å². The maximum Gasteiger partial charge on any atom is 0.246 e. The van der Waals surface area contributed by atoms with Crippen LogP contribution in [0.4, 0.5) is 0 Å². The Kier molecular flexibility index (Phi) is 5.18. The number of hydrogen-bond acceptors (Lipinski definition) is 2. The zero-order valence-corrected chi connectivity index (χ0v) is 12.5. The van der Waals surface area contributed by atoms with Gasteiger partial charge in [-0.05, 0) is 32.3 Å². The highest BCUT2D eigenvalue weighted by Crippen LogP contribution is 2.21. The van der Waals surface area contributed by atoms with Gasteiger partial charge in [0.15, 0.2) is 0 Å². The van der Waals surface area contributed by atoms with Crippen LogP contribution in [0.15, 0.2) is 30.3 Å². The van der Waals surface area contributed by atoms with Gasteiger partial charge in [0.1, 0.15) is 6.61 Å². The molecule has 0 heterocycles. The summed E-state index contributed by atoms with van der Waals surface area (Å²) in [5.74, 6) is -0.0376.